The van der Waals surface area contributed by atoms with E-state index in [1.165, 1.54) is 18.5 Å². The lowest BCUT2D eigenvalue weighted by Gasteiger charge is -2.28. The number of aryl methyl sites for hydroxylation is 1. The fourth-order valence-corrected chi connectivity index (χ4v) is 3.66. The van der Waals surface area contributed by atoms with E-state index in [-0.39, 0.29) is 41.3 Å². The third kappa shape index (κ3) is 3.51. The largest absolute Gasteiger partial charge is 0.365 e. The van der Waals surface area contributed by atoms with Crippen LogP contribution in [0.15, 0.2) is 24.5 Å². The van der Waals surface area contributed by atoms with Crippen molar-refractivity contribution in [2.24, 2.45) is 12.9 Å². The summed E-state index contributed by atoms with van der Waals surface area (Å²) in [5.74, 6) is -0.714. The summed E-state index contributed by atoms with van der Waals surface area (Å²) in [5.41, 5.74) is 2.04. The van der Waals surface area contributed by atoms with Crippen molar-refractivity contribution in [3.63, 3.8) is 0 Å². The number of nitrogens with one attached hydrogen (secondary N) is 3. The van der Waals surface area contributed by atoms with Gasteiger partial charge in [-0.3, -0.25) is 9.59 Å². The van der Waals surface area contributed by atoms with Crippen LogP contribution in [0.25, 0.3) is 11.3 Å². The van der Waals surface area contributed by atoms with Crippen LogP contribution in [0.3, 0.4) is 0 Å². The molecule has 0 bridgehead atoms. The lowest BCUT2D eigenvalue weighted by atomic mass is 10.0. The van der Waals surface area contributed by atoms with E-state index in [9.17, 15) is 9.59 Å². The van der Waals surface area contributed by atoms with E-state index in [0.29, 0.717) is 27.4 Å². The van der Waals surface area contributed by atoms with Crippen LogP contribution in [0.1, 0.15) is 37.1 Å². The summed E-state index contributed by atoms with van der Waals surface area (Å²) in [6.45, 7) is -5.04. The molecule has 11 nitrogen and oxygen atoms in total. The maximum Gasteiger partial charge on any atom is 0.254 e. The number of anilines is 4. The molecule has 1 fully saturated rings. The lowest BCUT2D eigenvalue weighted by molar-refractivity contribution is -0.117. The van der Waals surface area contributed by atoms with Crippen molar-refractivity contribution in [3.05, 3.63) is 35.8 Å². The Morgan fingerprint density at radius 2 is 2.12 bits per heavy atom. The third-order valence-electron chi connectivity index (χ3n) is 5.35. The summed E-state index contributed by atoms with van der Waals surface area (Å²) in [6.07, 6.45) is 4.23. The zero-order valence-corrected chi connectivity index (χ0v) is 17.0. The molecule has 4 heterocycles. The van der Waals surface area contributed by atoms with Crippen LogP contribution in [-0.4, -0.2) is 50.8 Å². The van der Waals surface area contributed by atoms with Gasteiger partial charge >= 0.3 is 0 Å². The molecule has 164 valence electrons. The number of carbonyl (C=O) groups is 2. The van der Waals surface area contributed by atoms with Gasteiger partial charge in [0.1, 0.15) is 17.2 Å². The number of aromatic nitrogens is 5. The van der Waals surface area contributed by atoms with Gasteiger partial charge in [-0.2, -0.15) is 15.0 Å². The number of rotatable bonds is 5. The van der Waals surface area contributed by atoms with E-state index in [1.807, 2.05) is 5.32 Å². The fourth-order valence-electron chi connectivity index (χ4n) is 3.66. The first-order chi connectivity index (χ1) is 17.8. The second-order valence-electron chi connectivity index (χ2n) is 7.65. The van der Waals surface area contributed by atoms with Crippen LogP contribution in [0.4, 0.5) is 23.0 Å². The number of amides is 2. The number of hydrogen-bond acceptors (Lipinski definition) is 8. The molecule has 1 aliphatic heterocycles. The number of carbonyl (C=O) groups excluding carboxylic acids is 2. The molecular formula is C21H23N9O2. The second-order valence-corrected chi connectivity index (χ2v) is 7.65. The van der Waals surface area contributed by atoms with E-state index in [4.69, 9.17) is 8.22 Å². The average molecular weight is 440 g/mol. The van der Waals surface area contributed by atoms with Gasteiger partial charge in [0.2, 0.25) is 5.91 Å². The maximum absolute atomic E-state index is 12.8. The SMILES string of the molecule is [2H]C([2H])([2H])NC(=O)c1cnc(NC(=O)C2CC2)cc1Nc1nccc2c1N(C)Cc1nn(C([2H])([2H])[2H])nc1-2. The van der Waals surface area contributed by atoms with Crippen LogP contribution < -0.4 is 20.9 Å². The van der Waals surface area contributed by atoms with Gasteiger partial charge in [-0.05, 0) is 18.9 Å². The quantitative estimate of drug-likeness (QED) is 0.547. The fraction of sp³-hybridized carbons (Fsp3) is 0.333. The summed E-state index contributed by atoms with van der Waals surface area (Å²) >= 11 is 0. The Morgan fingerprint density at radius 3 is 2.91 bits per heavy atom. The van der Waals surface area contributed by atoms with Crippen molar-refractivity contribution >= 4 is 34.8 Å². The highest BCUT2D eigenvalue weighted by molar-refractivity contribution is 6.02. The van der Waals surface area contributed by atoms with Crippen molar-refractivity contribution in [1.82, 2.24) is 30.3 Å². The minimum Gasteiger partial charge on any atom is -0.365 e. The predicted molar refractivity (Wildman–Crippen MR) is 119 cm³/mol. The first-order valence-corrected chi connectivity index (χ1v) is 9.88. The highest BCUT2D eigenvalue weighted by atomic mass is 16.2. The molecule has 0 spiro atoms. The zero-order valence-electron chi connectivity index (χ0n) is 23.0. The van der Waals surface area contributed by atoms with E-state index < -0.39 is 19.9 Å². The Morgan fingerprint density at radius 1 is 1.25 bits per heavy atom. The van der Waals surface area contributed by atoms with Crippen LogP contribution in [0.5, 0.6) is 0 Å². The molecule has 11 heteroatoms. The van der Waals surface area contributed by atoms with E-state index in [2.05, 4.69) is 30.8 Å². The summed E-state index contributed by atoms with van der Waals surface area (Å²) in [4.78, 5) is 36.1. The maximum atomic E-state index is 12.8. The molecular weight excluding hydrogens is 410 g/mol. The Bertz CT molecular complexity index is 1430. The molecule has 0 radical (unpaired) electrons. The number of pyridine rings is 2. The molecule has 0 atom stereocenters. The smallest absolute Gasteiger partial charge is 0.254 e. The average Bonchev–Trinajstić information content (AvgIpc) is 3.56. The van der Waals surface area contributed by atoms with Crippen molar-refractivity contribution in [2.75, 3.05) is 29.6 Å². The van der Waals surface area contributed by atoms with Gasteiger partial charge in [0.25, 0.3) is 5.91 Å². The number of fused-ring (bicyclic) bond motifs is 3. The minimum atomic E-state index is -2.73. The minimum absolute atomic E-state index is 0.0827. The Labute approximate surface area is 192 Å². The highest BCUT2D eigenvalue weighted by Gasteiger charge is 2.30. The van der Waals surface area contributed by atoms with Gasteiger partial charge in [0, 0.05) is 59.2 Å². The predicted octanol–water partition coefficient (Wildman–Crippen LogP) is 1.67. The molecule has 2 amide bonds. The first-order valence-electron chi connectivity index (χ1n) is 12.9. The topological polar surface area (TPSA) is 130 Å². The molecule has 3 aromatic heterocycles. The van der Waals surface area contributed by atoms with Gasteiger partial charge in [-0.15, -0.1) is 0 Å². The van der Waals surface area contributed by atoms with Crippen molar-refractivity contribution in [2.45, 2.75) is 19.4 Å². The Balaban J connectivity index is 1.55. The van der Waals surface area contributed by atoms with E-state index in [1.54, 1.807) is 18.0 Å². The summed E-state index contributed by atoms with van der Waals surface area (Å²) < 4.78 is 45.0. The normalized spacial score (nSPS) is 18.0. The molecule has 0 unspecified atom stereocenters. The molecule has 0 aromatic carbocycles. The molecule has 1 saturated carbocycles. The van der Waals surface area contributed by atoms with Crippen molar-refractivity contribution in [3.8, 4) is 11.3 Å². The van der Waals surface area contributed by atoms with Gasteiger partial charge in [-0.1, -0.05) is 0 Å². The van der Waals surface area contributed by atoms with E-state index >= 15 is 0 Å². The van der Waals surface area contributed by atoms with Crippen LogP contribution in [-0.2, 0) is 18.3 Å². The molecule has 5 rings (SSSR count). The number of hydrogen-bond donors (Lipinski definition) is 3. The van der Waals surface area contributed by atoms with Crippen molar-refractivity contribution < 1.29 is 17.8 Å². The molecule has 2 aliphatic rings. The summed E-state index contributed by atoms with van der Waals surface area (Å²) in [5, 5.41) is 16.0. The molecule has 1 aliphatic carbocycles. The third-order valence-corrected chi connectivity index (χ3v) is 5.35. The molecule has 3 aromatic rings. The number of nitrogens with zero attached hydrogens (tertiary/aromatic N) is 6. The second kappa shape index (κ2) is 7.59. The van der Waals surface area contributed by atoms with Gasteiger partial charge in [0.15, 0.2) is 5.82 Å². The molecule has 32 heavy (non-hydrogen) atoms. The Hall–Kier alpha value is -4.02. The van der Waals surface area contributed by atoms with Crippen molar-refractivity contribution in [1.29, 1.82) is 0 Å². The van der Waals surface area contributed by atoms with E-state index in [0.717, 1.165) is 12.8 Å². The first kappa shape index (κ1) is 14.1. The van der Waals surface area contributed by atoms with Crippen LogP contribution in [0.2, 0.25) is 0 Å². The highest BCUT2D eigenvalue weighted by Crippen LogP contribution is 2.41. The zero-order chi connectivity index (χ0) is 27.4. The Kier molecular flexibility index (Phi) is 3.35. The van der Waals surface area contributed by atoms with Gasteiger partial charge in [-0.25, -0.2) is 9.97 Å². The summed E-state index contributed by atoms with van der Waals surface area (Å²) in [7, 11) is 1.76. The van der Waals surface area contributed by atoms with Gasteiger partial charge in [0.05, 0.1) is 23.5 Å². The van der Waals surface area contributed by atoms with Gasteiger partial charge < -0.3 is 20.9 Å². The van der Waals surface area contributed by atoms with Crippen LogP contribution in [0, 0.1) is 5.92 Å². The molecule has 0 saturated heterocycles. The molecule has 3 N–H and O–H groups in total. The van der Waals surface area contributed by atoms with Crippen LogP contribution >= 0.6 is 0 Å². The standard InChI is InChI=1S/C21H23N9O2/c1-22-21(32)13-9-24-16(26-20(31)11-4-5-11)8-14(13)25-19-18-12(6-7-23-19)17-15(10-29(18)2)27-30(3)28-17/h6-9,11H,4-5,10H2,1-3H3,(H,22,32)(H2,23,24,25,26,31)/i1D3,3D3. The lowest BCUT2D eigenvalue weighted by Crippen LogP contribution is -2.24. The monoisotopic (exact) mass is 439 g/mol. The summed E-state index contributed by atoms with van der Waals surface area (Å²) in [6, 6.07) is 3.10.